The molecule has 0 radical (unpaired) electrons. The molecule has 0 saturated carbocycles. The average molecular weight is 308 g/mol. The van der Waals surface area contributed by atoms with Crippen LogP contribution in [-0.2, 0) is 5.54 Å². The second-order valence-electron chi connectivity index (χ2n) is 5.23. The van der Waals surface area contributed by atoms with Crippen molar-refractivity contribution in [2.45, 2.75) is 31.7 Å². The summed E-state index contributed by atoms with van der Waals surface area (Å²) in [6.45, 7) is 3.11. The van der Waals surface area contributed by atoms with E-state index in [1.54, 1.807) is 19.2 Å². The largest absolute Gasteiger partial charge is 0.496 e. The summed E-state index contributed by atoms with van der Waals surface area (Å²) in [7, 11) is 1.60. The molecule has 6 heteroatoms. The Morgan fingerprint density at radius 3 is 3.00 bits per heavy atom. The number of benzene rings is 1. The van der Waals surface area contributed by atoms with E-state index < -0.39 is 0 Å². The standard InChI is InChI=1S/C15H18ClN3O2/c1-3-15(7-4-8-17-15)14-18-13(19-21-14)11-6-5-10(16)9-12(11)20-2/h5-6,9,17H,3-4,7-8H2,1-2H3. The summed E-state index contributed by atoms with van der Waals surface area (Å²) in [5.74, 6) is 1.81. The summed E-state index contributed by atoms with van der Waals surface area (Å²) in [5.41, 5.74) is 0.589. The minimum absolute atomic E-state index is 0.190. The molecule has 112 valence electrons. The fourth-order valence-electron chi connectivity index (χ4n) is 2.82. The predicted octanol–water partition coefficient (Wildman–Crippen LogP) is 3.39. The van der Waals surface area contributed by atoms with Gasteiger partial charge in [0.1, 0.15) is 5.75 Å². The maximum Gasteiger partial charge on any atom is 0.247 e. The molecule has 2 aromatic rings. The van der Waals surface area contributed by atoms with E-state index in [9.17, 15) is 0 Å². The van der Waals surface area contributed by atoms with Crippen molar-refractivity contribution in [3.63, 3.8) is 0 Å². The second-order valence-corrected chi connectivity index (χ2v) is 5.67. The van der Waals surface area contributed by atoms with Crippen LogP contribution in [0.15, 0.2) is 22.7 Å². The van der Waals surface area contributed by atoms with E-state index in [1.807, 2.05) is 6.07 Å². The minimum Gasteiger partial charge on any atom is -0.496 e. The van der Waals surface area contributed by atoms with Gasteiger partial charge in [-0.15, -0.1) is 0 Å². The minimum atomic E-state index is -0.190. The maximum atomic E-state index is 5.98. The van der Waals surface area contributed by atoms with Gasteiger partial charge in [-0.1, -0.05) is 23.7 Å². The molecule has 1 aliphatic heterocycles. The highest BCUT2D eigenvalue weighted by Crippen LogP contribution is 2.36. The maximum absolute atomic E-state index is 5.98. The molecule has 2 heterocycles. The molecular weight excluding hydrogens is 290 g/mol. The number of nitrogens with zero attached hydrogens (tertiary/aromatic N) is 2. The van der Waals surface area contributed by atoms with Crippen LogP contribution in [0.3, 0.4) is 0 Å². The van der Waals surface area contributed by atoms with E-state index in [1.165, 1.54) is 0 Å². The quantitative estimate of drug-likeness (QED) is 0.938. The number of hydrogen-bond donors (Lipinski definition) is 1. The van der Waals surface area contributed by atoms with E-state index in [0.717, 1.165) is 31.4 Å². The molecule has 5 nitrogen and oxygen atoms in total. The number of methoxy groups -OCH3 is 1. The second kappa shape index (κ2) is 5.66. The van der Waals surface area contributed by atoms with Crippen LogP contribution in [0, 0.1) is 0 Å². The van der Waals surface area contributed by atoms with Gasteiger partial charge in [0.25, 0.3) is 0 Å². The first-order valence-electron chi connectivity index (χ1n) is 7.11. The summed E-state index contributed by atoms with van der Waals surface area (Å²) < 4.78 is 10.9. The zero-order chi connectivity index (χ0) is 14.9. The molecule has 0 aliphatic carbocycles. The van der Waals surface area contributed by atoms with Crippen molar-refractivity contribution in [1.29, 1.82) is 0 Å². The molecular formula is C15H18ClN3O2. The molecule has 1 aromatic heterocycles. The number of nitrogens with one attached hydrogen (secondary N) is 1. The molecule has 1 unspecified atom stereocenters. The molecule has 0 spiro atoms. The fourth-order valence-corrected chi connectivity index (χ4v) is 2.98. The van der Waals surface area contributed by atoms with Gasteiger partial charge in [0, 0.05) is 5.02 Å². The Balaban J connectivity index is 1.99. The summed E-state index contributed by atoms with van der Waals surface area (Å²) in [4.78, 5) is 4.58. The molecule has 3 rings (SSSR count). The third-order valence-corrected chi connectivity index (χ3v) is 4.32. The van der Waals surface area contributed by atoms with Gasteiger partial charge in [0.15, 0.2) is 0 Å². The summed E-state index contributed by atoms with van der Waals surface area (Å²) in [5, 5.41) is 8.22. The molecule has 0 amide bonds. The fraction of sp³-hybridized carbons (Fsp3) is 0.467. The topological polar surface area (TPSA) is 60.2 Å². The Bertz CT molecular complexity index is 636. The number of aromatic nitrogens is 2. The van der Waals surface area contributed by atoms with Crippen LogP contribution in [0.1, 0.15) is 32.1 Å². The van der Waals surface area contributed by atoms with Crippen LogP contribution < -0.4 is 10.1 Å². The van der Waals surface area contributed by atoms with Crippen molar-refractivity contribution >= 4 is 11.6 Å². The number of rotatable bonds is 4. The van der Waals surface area contributed by atoms with E-state index >= 15 is 0 Å². The highest BCUT2D eigenvalue weighted by molar-refractivity contribution is 6.30. The van der Waals surface area contributed by atoms with Crippen LogP contribution in [0.5, 0.6) is 5.75 Å². The first kappa shape index (κ1) is 14.4. The Labute approximate surface area is 128 Å². The number of ether oxygens (including phenoxy) is 1. The molecule has 1 aromatic carbocycles. The highest BCUT2D eigenvalue weighted by atomic mass is 35.5. The van der Waals surface area contributed by atoms with Crippen molar-refractivity contribution in [1.82, 2.24) is 15.5 Å². The highest BCUT2D eigenvalue weighted by Gasteiger charge is 2.39. The van der Waals surface area contributed by atoms with Gasteiger partial charge in [0.05, 0.1) is 18.2 Å². The van der Waals surface area contributed by atoms with Gasteiger partial charge in [-0.3, -0.25) is 0 Å². The monoisotopic (exact) mass is 307 g/mol. The van der Waals surface area contributed by atoms with Crippen molar-refractivity contribution in [2.24, 2.45) is 0 Å². The van der Waals surface area contributed by atoms with Crippen molar-refractivity contribution < 1.29 is 9.26 Å². The lowest BCUT2D eigenvalue weighted by molar-refractivity contribution is 0.250. The van der Waals surface area contributed by atoms with Crippen molar-refractivity contribution in [3.8, 4) is 17.1 Å². The summed E-state index contributed by atoms with van der Waals surface area (Å²) in [6, 6.07) is 5.38. The van der Waals surface area contributed by atoms with Crippen LogP contribution in [0.25, 0.3) is 11.4 Å². The molecule has 1 N–H and O–H groups in total. The Morgan fingerprint density at radius 1 is 1.48 bits per heavy atom. The zero-order valence-corrected chi connectivity index (χ0v) is 12.9. The normalized spacial score (nSPS) is 21.7. The van der Waals surface area contributed by atoms with Crippen molar-refractivity contribution in [2.75, 3.05) is 13.7 Å². The van der Waals surface area contributed by atoms with Crippen LogP contribution in [-0.4, -0.2) is 23.8 Å². The van der Waals surface area contributed by atoms with Crippen molar-refractivity contribution in [3.05, 3.63) is 29.1 Å². The van der Waals surface area contributed by atoms with Crippen LogP contribution in [0.2, 0.25) is 5.02 Å². The average Bonchev–Trinajstić information content (AvgIpc) is 3.16. The van der Waals surface area contributed by atoms with Gasteiger partial charge >= 0.3 is 0 Å². The molecule has 0 bridgehead atoms. The molecule has 1 saturated heterocycles. The number of halogens is 1. The zero-order valence-electron chi connectivity index (χ0n) is 12.1. The molecule has 21 heavy (non-hydrogen) atoms. The number of hydrogen-bond acceptors (Lipinski definition) is 5. The smallest absolute Gasteiger partial charge is 0.247 e. The third-order valence-electron chi connectivity index (χ3n) is 4.09. The summed E-state index contributed by atoms with van der Waals surface area (Å²) in [6.07, 6.45) is 3.06. The predicted molar refractivity (Wildman–Crippen MR) is 80.5 cm³/mol. The van der Waals surface area contributed by atoms with E-state index in [0.29, 0.717) is 22.5 Å². The van der Waals surface area contributed by atoms with Gasteiger partial charge < -0.3 is 14.6 Å². The van der Waals surface area contributed by atoms with Gasteiger partial charge in [-0.25, -0.2) is 0 Å². The van der Waals surface area contributed by atoms with Crippen LogP contribution in [0.4, 0.5) is 0 Å². The third kappa shape index (κ3) is 2.51. The van der Waals surface area contributed by atoms with E-state index in [4.69, 9.17) is 20.9 Å². The van der Waals surface area contributed by atoms with Gasteiger partial charge in [0.2, 0.25) is 11.7 Å². The summed E-state index contributed by atoms with van der Waals surface area (Å²) >= 11 is 5.98. The lowest BCUT2D eigenvalue weighted by Crippen LogP contribution is -2.36. The first-order chi connectivity index (χ1) is 10.2. The lowest BCUT2D eigenvalue weighted by atomic mass is 9.94. The SMILES string of the molecule is CCC1(c2nc(-c3ccc(Cl)cc3OC)no2)CCCN1. The van der Waals surface area contributed by atoms with E-state index in [2.05, 4.69) is 22.4 Å². The Hall–Kier alpha value is -1.59. The molecule has 1 fully saturated rings. The first-order valence-corrected chi connectivity index (χ1v) is 7.49. The lowest BCUT2D eigenvalue weighted by Gasteiger charge is -2.22. The van der Waals surface area contributed by atoms with Crippen LogP contribution >= 0.6 is 11.6 Å². The Morgan fingerprint density at radius 2 is 2.33 bits per heavy atom. The van der Waals surface area contributed by atoms with Gasteiger partial charge in [-0.05, 0) is 44.0 Å². The van der Waals surface area contributed by atoms with E-state index in [-0.39, 0.29) is 5.54 Å². The van der Waals surface area contributed by atoms with Gasteiger partial charge in [-0.2, -0.15) is 4.98 Å². The Kier molecular flexibility index (Phi) is 3.87. The molecule has 1 aliphatic rings. The molecule has 1 atom stereocenters.